The normalized spacial score (nSPS) is 15.2. The molecule has 0 atom stereocenters. The summed E-state index contributed by atoms with van der Waals surface area (Å²) >= 11 is 5.97. The van der Waals surface area contributed by atoms with Crippen molar-refractivity contribution < 1.29 is 4.74 Å². The standard InChI is InChI=1S/C11H18ClN3O/c1-5-7(2)10(12)15-11(16-4)9(14)8(3)6-13/h6,13H,5,14H2,1-4H3/b9-8-,10-7-,13-6?,15-11+. The van der Waals surface area contributed by atoms with Crippen LogP contribution in [-0.2, 0) is 4.74 Å². The molecular weight excluding hydrogens is 226 g/mol. The van der Waals surface area contributed by atoms with Crippen LogP contribution in [0.5, 0.6) is 0 Å². The summed E-state index contributed by atoms with van der Waals surface area (Å²) < 4.78 is 5.05. The van der Waals surface area contributed by atoms with Gasteiger partial charge in [0, 0.05) is 6.21 Å². The lowest BCUT2D eigenvalue weighted by atomic mass is 10.2. The number of hydrogen-bond donors (Lipinski definition) is 2. The van der Waals surface area contributed by atoms with Crippen LogP contribution in [0.25, 0.3) is 0 Å². The molecule has 0 saturated carbocycles. The van der Waals surface area contributed by atoms with Gasteiger partial charge in [-0.1, -0.05) is 18.5 Å². The molecule has 5 heteroatoms. The number of aliphatic imine (C=N–C) groups is 1. The third kappa shape index (κ3) is 4.06. The zero-order chi connectivity index (χ0) is 12.7. The van der Waals surface area contributed by atoms with E-state index in [2.05, 4.69) is 4.99 Å². The lowest BCUT2D eigenvalue weighted by Gasteiger charge is -2.07. The Morgan fingerprint density at radius 3 is 2.44 bits per heavy atom. The topological polar surface area (TPSA) is 71.5 Å². The first kappa shape index (κ1) is 14.7. The molecule has 0 aliphatic heterocycles. The van der Waals surface area contributed by atoms with E-state index in [0.717, 1.165) is 18.2 Å². The lowest BCUT2D eigenvalue weighted by Crippen LogP contribution is -2.16. The Kier molecular flexibility index (Phi) is 6.49. The maximum atomic E-state index is 7.09. The largest absolute Gasteiger partial charge is 0.479 e. The van der Waals surface area contributed by atoms with Gasteiger partial charge in [-0.25, -0.2) is 0 Å². The molecule has 0 aromatic carbocycles. The minimum absolute atomic E-state index is 0.235. The van der Waals surface area contributed by atoms with E-state index in [-0.39, 0.29) is 5.90 Å². The van der Waals surface area contributed by atoms with Gasteiger partial charge < -0.3 is 15.9 Å². The smallest absolute Gasteiger partial charge is 0.238 e. The van der Waals surface area contributed by atoms with Crippen molar-refractivity contribution in [1.29, 1.82) is 5.41 Å². The van der Waals surface area contributed by atoms with Gasteiger partial charge in [0.05, 0.1) is 12.8 Å². The van der Waals surface area contributed by atoms with Crippen LogP contribution in [0.2, 0.25) is 0 Å². The maximum absolute atomic E-state index is 7.09. The third-order valence-electron chi connectivity index (χ3n) is 2.15. The molecule has 16 heavy (non-hydrogen) atoms. The Hall–Kier alpha value is -1.29. The van der Waals surface area contributed by atoms with Gasteiger partial charge in [0.2, 0.25) is 5.90 Å². The minimum Gasteiger partial charge on any atom is -0.479 e. The Balaban J connectivity index is 5.32. The molecule has 0 unspecified atom stereocenters. The molecular formula is C11H18ClN3O. The average molecular weight is 244 g/mol. The molecule has 90 valence electrons. The highest BCUT2D eigenvalue weighted by molar-refractivity contribution is 6.30. The van der Waals surface area contributed by atoms with Gasteiger partial charge >= 0.3 is 0 Å². The number of halogens is 1. The van der Waals surface area contributed by atoms with Crippen LogP contribution >= 0.6 is 11.6 Å². The molecule has 0 aromatic heterocycles. The number of ether oxygens (including phenoxy) is 1. The van der Waals surface area contributed by atoms with E-state index in [1.165, 1.54) is 7.11 Å². The monoisotopic (exact) mass is 243 g/mol. The summed E-state index contributed by atoms with van der Waals surface area (Å²) in [5, 5.41) is 7.47. The van der Waals surface area contributed by atoms with E-state index in [1.807, 2.05) is 13.8 Å². The Bertz CT molecular complexity index is 356. The van der Waals surface area contributed by atoms with Gasteiger partial charge in [0.15, 0.2) is 0 Å². The quantitative estimate of drug-likeness (QED) is 0.453. The fraction of sp³-hybridized carbons (Fsp3) is 0.455. The van der Waals surface area contributed by atoms with Gasteiger partial charge in [-0.3, -0.25) is 0 Å². The van der Waals surface area contributed by atoms with Crippen molar-refractivity contribution >= 4 is 23.7 Å². The number of hydrogen-bond acceptors (Lipinski definition) is 4. The molecule has 3 N–H and O–H groups in total. The zero-order valence-corrected chi connectivity index (χ0v) is 10.9. The van der Waals surface area contributed by atoms with E-state index in [9.17, 15) is 0 Å². The van der Waals surface area contributed by atoms with Gasteiger partial charge in [-0.05, 0) is 31.4 Å². The third-order valence-corrected chi connectivity index (χ3v) is 2.55. The van der Waals surface area contributed by atoms with Crippen molar-refractivity contribution in [1.82, 2.24) is 0 Å². The highest BCUT2D eigenvalue weighted by Gasteiger charge is 2.07. The molecule has 0 rings (SSSR count). The summed E-state index contributed by atoms with van der Waals surface area (Å²) in [7, 11) is 1.47. The first-order chi connectivity index (χ1) is 7.47. The number of rotatable bonds is 4. The van der Waals surface area contributed by atoms with Gasteiger partial charge in [-0.2, -0.15) is 4.99 Å². The summed E-state index contributed by atoms with van der Waals surface area (Å²) in [4.78, 5) is 4.09. The van der Waals surface area contributed by atoms with E-state index in [4.69, 9.17) is 27.5 Å². The molecule has 0 spiro atoms. The Labute approximate surface area is 101 Å². The zero-order valence-electron chi connectivity index (χ0n) is 10.1. The summed E-state index contributed by atoms with van der Waals surface area (Å²) in [5.74, 6) is 0.235. The average Bonchev–Trinajstić information content (AvgIpc) is 2.32. The van der Waals surface area contributed by atoms with Crippen LogP contribution < -0.4 is 5.73 Å². The van der Waals surface area contributed by atoms with Crippen LogP contribution in [-0.4, -0.2) is 19.2 Å². The molecule has 0 saturated heterocycles. The minimum atomic E-state index is 0.235. The summed E-state index contributed by atoms with van der Waals surface area (Å²) in [5.41, 5.74) is 7.62. The second kappa shape index (κ2) is 7.06. The predicted octanol–water partition coefficient (Wildman–Crippen LogP) is 2.79. The molecule has 0 aromatic rings. The van der Waals surface area contributed by atoms with Crippen molar-refractivity contribution in [3.05, 3.63) is 22.0 Å². The summed E-state index contributed by atoms with van der Waals surface area (Å²) in [6, 6.07) is 0. The van der Waals surface area contributed by atoms with E-state index in [1.54, 1.807) is 6.92 Å². The molecule has 0 heterocycles. The second-order valence-corrected chi connectivity index (χ2v) is 3.64. The van der Waals surface area contributed by atoms with Gasteiger partial charge in [-0.15, -0.1) is 0 Å². The number of nitrogens with two attached hydrogens (primary N) is 1. The SMILES string of the molecule is CC\C(C)=C(Cl)/N=C(OC)\C(N)=C(/C)C=N. The predicted molar refractivity (Wildman–Crippen MR) is 69.0 cm³/mol. The van der Waals surface area contributed by atoms with E-state index < -0.39 is 0 Å². The molecule has 0 bridgehead atoms. The summed E-state index contributed by atoms with van der Waals surface area (Å²) in [6.45, 7) is 5.59. The second-order valence-electron chi connectivity index (χ2n) is 3.29. The van der Waals surface area contributed by atoms with Crippen LogP contribution in [0, 0.1) is 5.41 Å². The van der Waals surface area contributed by atoms with E-state index in [0.29, 0.717) is 16.4 Å². The van der Waals surface area contributed by atoms with E-state index >= 15 is 0 Å². The molecule has 0 radical (unpaired) electrons. The van der Waals surface area contributed by atoms with Crippen molar-refractivity contribution in [3.63, 3.8) is 0 Å². The highest BCUT2D eigenvalue weighted by atomic mass is 35.5. The molecule has 0 fully saturated rings. The molecule has 0 amide bonds. The number of nitrogens with zero attached hydrogens (tertiary/aromatic N) is 1. The van der Waals surface area contributed by atoms with Crippen LogP contribution in [0.4, 0.5) is 0 Å². The number of methoxy groups -OCH3 is 1. The van der Waals surface area contributed by atoms with Gasteiger partial charge in [0.1, 0.15) is 5.16 Å². The van der Waals surface area contributed by atoms with Crippen molar-refractivity contribution in [2.24, 2.45) is 10.7 Å². The van der Waals surface area contributed by atoms with Gasteiger partial charge in [0.25, 0.3) is 0 Å². The molecule has 0 aliphatic rings. The maximum Gasteiger partial charge on any atom is 0.238 e. The number of nitrogens with one attached hydrogen (secondary N) is 1. The lowest BCUT2D eigenvalue weighted by molar-refractivity contribution is 0.402. The Morgan fingerprint density at radius 2 is 2.06 bits per heavy atom. The highest BCUT2D eigenvalue weighted by Crippen LogP contribution is 2.15. The molecule has 0 aliphatic carbocycles. The summed E-state index contributed by atoms with van der Waals surface area (Å²) in [6.07, 6.45) is 1.96. The Morgan fingerprint density at radius 1 is 1.50 bits per heavy atom. The van der Waals surface area contributed by atoms with Crippen LogP contribution in [0.3, 0.4) is 0 Å². The molecule has 4 nitrogen and oxygen atoms in total. The van der Waals surface area contributed by atoms with Crippen molar-refractivity contribution in [3.8, 4) is 0 Å². The first-order valence-corrected chi connectivity index (χ1v) is 5.30. The van der Waals surface area contributed by atoms with Crippen molar-refractivity contribution in [2.45, 2.75) is 27.2 Å². The van der Waals surface area contributed by atoms with Crippen LogP contribution in [0.15, 0.2) is 27.0 Å². The number of allylic oxidation sites excluding steroid dienone is 2. The fourth-order valence-electron chi connectivity index (χ4n) is 0.793. The fourth-order valence-corrected chi connectivity index (χ4v) is 1.00. The van der Waals surface area contributed by atoms with Crippen molar-refractivity contribution in [2.75, 3.05) is 7.11 Å². The first-order valence-electron chi connectivity index (χ1n) is 4.93. The van der Waals surface area contributed by atoms with Crippen LogP contribution in [0.1, 0.15) is 27.2 Å².